The first-order valence-corrected chi connectivity index (χ1v) is 9.29. The number of carbonyl (C=O) groups excluding carboxylic acids is 1. The zero-order valence-electron chi connectivity index (χ0n) is 14.3. The number of rotatable bonds is 4. The molecule has 2 aromatic carbocycles. The first-order valence-electron chi connectivity index (χ1n) is 8.49. The molecule has 0 spiro atoms. The minimum absolute atomic E-state index is 0.309. The number of nitrogens with one attached hydrogen (secondary N) is 1. The summed E-state index contributed by atoms with van der Waals surface area (Å²) < 4.78 is 5.75. The van der Waals surface area contributed by atoms with Gasteiger partial charge in [0.25, 0.3) is 0 Å². The number of hydrogen-bond acceptors (Lipinski definition) is 3. The minimum atomic E-state index is -0.723. The number of ether oxygens (including phenoxy) is 1. The van der Waals surface area contributed by atoms with Crippen molar-refractivity contribution in [2.24, 2.45) is 0 Å². The van der Waals surface area contributed by atoms with E-state index in [-0.39, 0.29) is 5.97 Å². The van der Waals surface area contributed by atoms with Crippen LogP contribution in [0.15, 0.2) is 53.0 Å². The lowest BCUT2D eigenvalue weighted by molar-refractivity contribution is -0.921. The van der Waals surface area contributed by atoms with Gasteiger partial charge >= 0.3 is 5.97 Å². The van der Waals surface area contributed by atoms with Crippen LogP contribution in [0.2, 0.25) is 0 Å². The summed E-state index contributed by atoms with van der Waals surface area (Å²) in [5.74, 6) is -0.309. The fourth-order valence-corrected chi connectivity index (χ4v) is 3.67. The molecule has 0 amide bonds. The third-order valence-electron chi connectivity index (χ3n) is 4.99. The quantitative estimate of drug-likeness (QED) is 0.768. The zero-order chi connectivity index (χ0) is 17.9. The molecule has 25 heavy (non-hydrogen) atoms. The molecule has 2 N–H and O–H groups in total. The maximum Gasteiger partial charge on any atom is 0.337 e. The van der Waals surface area contributed by atoms with E-state index in [4.69, 9.17) is 4.74 Å². The van der Waals surface area contributed by atoms with E-state index in [0.717, 1.165) is 42.5 Å². The number of carbonyl (C=O) groups is 1. The van der Waals surface area contributed by atoms with E-state index in [1.165, 1.54) is 17.6 Å². The van der Waals surface area contributed by atoms with Gasteiger partial charge in [-0.05, 0) is 29.8 Å². The van der Waals surface area contributed by atoms with Gasteiger partial charge in [0.15, 0.2) is 0 Å². The summed E-state index contributed by atoms with van der Waals surface area (Å²) in [5, 5.41) is 11.0. The molecule has 2 aromatic rings. The van der Waals surface area contributed by atoms with Crippen molar-refractivity contribution in [3.05, 3.63) is 69.7 Å². The molecule has 0 aliphatic carbocycles. The fourth-order valence-electron chi connectivity index (χ4n) is 3.41. The molecule has 0 saturated carbocycles. The number of hydrogen-bond donors (Lipinski definition) is 2. The lowest BCUT2D eigenvalue weighted by Gasteiger charge is -2.36. The van der Waals surface area contributed by atoms with Crippen LogP contribution < -0.4 is 4.90 Å². The summed E-state index contributed by atoms with van der Waals surface area (Å²) in [6.07, 6.45) is 1.51. The van der Waals surface area contributed by atoms with E-state index >= 15 is 0 Å². The molecule has 1 saturated heterocycles. The highest BCUT2D eigenvalue weighted by Gasteiger charge is 2.36. The highest BCUT2D eigenvalue weighted by atomic mass is 79.9. The van der Waals surface area contributed by atoms with Crippen LogP contribution in [-0.2, 0) is 16.9 Å². The molecule has 1 fully saturated rings. The molecule has 1 heterocycles. The number of methoxy groups -OCH3 is 1. The average Bonchev–Trinajstić information content (AvgIpc) is 2.64. The molecule has 0 aromatic heterocycles. The Kier molecular flexibility index (Phi) is 5.57. The van der Waals surface area contributed by atoms with Crippen LogP contribution in [0.25, 0.3) is 0 Å². The van der Waals surface area contributed by atoms with Crippen molar-refractivity contribution in [3.8, 4) is 0 Å². The minimum Gasteiger partial charge on any atom is -0.465 e. The lowest BCUT2D eigenvalue weighted by atomic mass is 9.84. The number of benzene rings is 2. The number of aliphatic hydroxyl groups is 1. The van der Waals surface area contributed by atoms with E-state index < -0.39 is 5.60 Å². The topological polar surface area (TPSA) is 51.0 Å². The van der Waals surface area contributed by atoms with Crippen LogP contribution in [0.5, 0.6) is 0 Å². The second-order valence-corrected chi connectivity index (χ2v) is 7.57. The van der Waals surface area contributed by atoms with Crippen molar-refractivity contribution in [2.75, 3.05) is 20.2 Å². The summed E-state index contributed by atoms with van der Waals surface area (Å²) in [6, 6.07) is 15.5. The lowest BCUT2D eigenvalue weighted by Crippen LogP contribution is -3.12. The first-order chi connectivity index (χ1) is 12.0. The second-order valence-electron chi connectivity index (χ2n) is 6.65. The number of likely N-dealkylation sites (tertiary alicyclic amines) is 1. The van der Waals surface area contributed by atoms with Crippen molar-refractivity contribution in [2.45, 2.75) is 25.0 Å². The largest absolute Gasteiger partial charge is 0.465 e. The Balaban J connectivity index is 1.59. The normalized spacial score (nSPS) is 23.2. The molecule has 0 bridgehead atoms. The molecule has 5 heteroatoms. The predicted molar refractivity (Wildman–Crippen MR) is 99.5 cm³/mol. The number of halogens is 1. The standard InChI is InChI=1S/C20H22BrNO3/c1-25-19(23)16-4-2-15(3-5-16)14-22-12-10-20(24,11-13-22)17-6-8-18(21)9-7-17/h2-9,24H,10-14H2,1H3/p+1. The van der Waals surface area contributed by atoms with Gasteiger partial charge in [-0.15, -0.1) is 0 Å². The van der Waals surface area contributed by atoms with Crippen LogP contribution in [0.3, 0.4) is 0 Å². The van der Waals surface area contributed by atoms with E-state index in [0.29, 0.717) is 5.56 Å². The van der Waals surface area contributed by atoms with E-state index in [2.05, 4.69) is 15.9 Å². The summed E-state index contributed by atoms with van der Waals surface area (Å²) in [6.45, 7) is 2.74. The van der Waals surface area contributed by atoms with Crippen molar-refractivity contribution in [3.63, 3.8) is 0 Å². The van der Waals surface area contributed by atoms with E-state index in [1.54, 1.807) is 0 Å². The Hall–Kier alpha value is -1.69. The smallest absolute Gasteiger partial charge is 0.337 e. The summed E-state index contributed by atoms with van der Waals surface area (Å²) in [7, 11) is 1.39. The summed E-state index contributed by atoms with van der Waals surface area (Å²) in [4.78, 5) is 12.9. The van der Waals surface area contributed by atoms with E-state index in [1.807, 2.05) is 48.5 Å². The van der Waals surface area contributed by atoms with Crippen molar-refractivity contribution in [1.29, 1.82) is 0 Å². The number of esters is 1. The summed E-state index contributed by atoms with van der Waals surface area (Å²) >= 11 is 3.44. The second kappa shape index (κ2) is 7.68. The van der Waals surface area contributed by atoms with Gasteiger partial charge in [0.1, 0.15) is 12.1 Å². The van der Waals surface area contributed by atoms with Crippen LogP contribution in [-0.4, -0.2) is 31.3 Å². The van der Waals surface area contributed by atoms with Crippen molar-refractivity contribution in [1.82, 2.24) is 0 Å². The van der Waals surface area contributed by atoms with Crippen LogP contribution in [0.4, 0.5) is 0 Å². The molecule has 3 rings (SSSR count). The van der Waals surface area contributed by atoms with Gasteiger partial charge in [0.05, 0.1) is 25.8 Å². The van der Waals surface area contributed by atoms with Gasteiger partial charge in [-0.3, -0.25) is 0 Å². The van der Waals surface area contributed by atoms with Gasteiger partial charge < -0.3 is 14.7 Å². The van der Waals surface area contributed by atoms with Gasteiger partial charge in [-0.25, -0.2) is 4.79 Å². The molecule has 1 aliphatic rings. The molecule has 0 radical (unpaired) electrons. The Morgan fingerprint density at radius 2 is 1.72 bits per heavy atom. The first kappa shape index (κ1) is 18.1. The Labute approximate surface area is 156 Å². The number of quaternary nitrogens is 1. The van der Waals surface area contributed by atoms with Crippen LogP contribution in [0.1, 0.15) is 34.3 Å². The van der Waals surface area contributed by atoms with E-state index in [9.17, 15) is 9.90 Å². The van der Waals surface area contributed by atoms with Crippen LogP contribution in [0, 0.1) is 0 Å². The zero-order valence-corrected chi connectivity index (χ0v) is 15.9. The molecule has 0 atom stereocenters. The Morgan fingerprint density at radius 3 is 2.28 bits per heavy atom. The molecule has 132 valence electrons. The molecular weight excluding hydrogens is 382 g/mol. The third-order valence-corrected chi connectivity index (χ3v) is 5.52. The van der Waals surface area contributed by atoms with Crippen molar-refractivity contribution < 1.29 is 19.5 Å². The third kappa shape index (κ3) is 4.29. The van der Waals surface area contributed by atoms with Gasteiger partial charge in [0, 0.05) is 22.9 Å². The van der Waals surface area contributed by atoms with Gasteiger partial charge in [0.2, 0.25) is 0 Å². The highest BCUT2D eigenvalue weighted by molar-refractivity contribution is 9.10. The SMILES string of the molecule is COC(=O)c1ccc(C[NH+]2CCC(O)(c3ccc(Br)cc3)CC2)cc1. The molecule has 1 aliphatic heterocycles. The highest BCUT2D eigenvalue weighted by Crippen LogP contribution is 2.30. The number of piperidine rings is 1. The van der Waals surface area contributed by atoms with Crippen LogP contribution >= 0.6 is 15.9 Å². The maximum absolute atomic E-state index is 11.5. The van der Waals surface area contributed by atoms with Crippen molar-refractivity contribution >= 4 is 21.9 Å². The summed E-state index contributed by atoms with van der Waals surface area (Å²) in [5.41, 5.74) is 2.04. The Morgan fingerprint density at radius 1 is 1.12 bits per heavy atom. The monoisotopic (exact) mass is 404 g/mol. The maximum atomic E-state index is 11.5. The average molecular weight is 405 g/mol. The molecule has 4 nitrogen and oxygen atoms in total. The molecular formula is C20H23BrNO3+. The Bertz CT molecular complexity index is 720. The predicted octanol–water partition coefficient (Wildman–Crippen LogP) is 2.30. The molecule has 0 unspecified atom stereocenters. The van der Waals surface area contributed by atoms with Gasteiger partial charge in [-0.1, -0.05) is 40.2 Å². The van der Waals surface area contributed by atoms with Gasteiger partial charge in [-0.2, -0.15) is 0 Å². The fraction of sp³-hybridized carbons (Fsp3) is 0.350.